The SMILES string of the molecule is CCc1cccc(CC)c1N(CC(=O)Cl)S(=O)(=O)c1ccc(Br)cc1. The molecule has 0 aliphatic carbocycles. The van der Waals surface area contributed by atoms with Crippen molar-refractivity contribution in [3.63, 3.8) is 0 Å². The number of rotatable bonds is 7. The Balaban J connectivity index is 2.69. The van der Waals surface area contributed by atoms with Crippen molar-refractivity contribution in [3.05, 3.63) is 58.1 Å². The van der Waals surface area contributed by atoms with Gasteiger partial charge in [-0.1, -0.05) is 48.0 Å². The van der Waals surface area contributed by atoms with E-state index in [0.29, 0.717) is 18.5 Å². The first-order valence-electron chi connectivity index (χ1n) is 7.88. The molecule has 7 heteroatoms. The summed E-state index contributed by atoms with van der Waals surface area (Å²) in [6, 6.07) is 12.0. The van der Waals surface area contributed by atoms with Crippen LogP contribution in [0.5, 0.6) is 0 Å². The fourth-order valence-electron chi connectivity index (χ4n) is 2.67. The Morgan fingerprint density at radius 2 is 1.56 bits per heavy atom. The van der Waals surface area contributed by atoms with E-state index in [4.69, 9.17) is 11.6 Å². The van der Waals surface area contributed by atoms with E-state index in [0.717, 1.165) is 19.9 Å². The normalized spacial score (nSPS) is 11.4. The second kappa shape index (κ2) is 8.34. The molecule has 25 heavy (non-hydrogen) atoms. The molecule has 0 saturated carbocycles. The van der Waals surface area contributed by atoms with Crippen molar-refractivity contribution >= 4 is 48.5 Å². The van der Waals surface area contributed by atoms with Crippen molar-refractivity contribution < 1.29 is 13.2 Å². The van der Waals surface area contributed by atoms with E-state index in [9.17, 15) is 13.2 Å². The molecule has 0 spiro atoms. The van der Waals surface area contributed by atoms with Crippen LogP contribution in [0.2, 0.25) is 0 Å². The number of para-hydroxylation sites is 1. The lowest BCUT2D eigenvalue weighted by Crippen LogP contribution is -2.36. The van der Waals surface area contributed by atoms with E-state index in [1.54, 1.807) is 12.1 Å². The molecule has 0 radical (unpaired) electrons. The van der Waals surface area contributed by atoms with Crippen LogP contribution >= 0.6 is 27.5 Å². The van der Waals surface area contributed by atoms with E-state index in [1.807, 2.05) is 32.0 Å². The summed E-state index contributed by atoms with van der Waals surface area (Å²) >= 11 is 8.88. The number of nitrogens with zero attached hydrogens (tertiary/aromatic N) is 1. The van der Waals surface area contributed by atoms with Crippen LogP contribution < -0.4 is 4.31 Å². The third-order valence-electron chi connectivity index (χ3n) is 3.88. The van der Waals surface area contributed by atoms with E-state index >= 15 is 0 Å². The average molecular weight is 445 g/mol. The van der Waals surface area contributed by atoms with Gasteiger partial charge in [0, 0.05) is 4.47 Å². The summed E-state index contributed by atoms with van der Waals surface area (Å²) in [5, 5.41) is -0.728. The van der Waals surface area contributed by atoms with Gasteiger partial charge >= 0.3 is 0 Å². The minimum atomic E-state index is -3.92. The largest absolute Gasteiger partial charge is 0.279 e. The van der Waals surface area contributed by atoms with Gasteiger partial charge in [0.2, 0.25) is 5.24 Å². The first-order valence-corrected chi connectivity index (χ1v) is 10.5. The van der Waals surface area contributed by atoms with E-state index in [1.165, 1.54) is 12.1 Å². The molecular weight excluding hydrogens is 426 g/mol. The third kappa shape index (κ3) is 4.43. The fraction of sp³-hybridized carbons (Fsp3) is 0.278. The Labute approximate surface area is 162 Å². The van der Waals surface area contributed by atoms with Gasteiger partial charge in [-0.15, -0.1) is 0 Å². The highest BCUT2D eigenvalue weighted by atomic mass is 79.9. The summed E-state index contributed by atoms with van der Waals surface area (Å²) in [5.41, 5.74) is 2.26. The summed E-state index contributed by atoms with van der Waals surface area (Å²) in [4.78, 5) is 11.7. The molecule has 134 valence electrons. The minimum Gasteiger partial charge on any atom is -0.279 e. The molecule has 0 bridgehead atoms. The number of anilines is 1. The first kappa shape index (κ1) is 19.9. The van der Waals surface area contributed by atoms with Gasteiger partial charge in [0.25, 0.3) is 10.0 Å². The van der Waals surface area contributed by atoms with Gasteiger partial charge in [0.1, 0.15) is 6.54 Å². The molecule has 0 amide bonds. The Morgan fingerprint density at radius 3 is 2.00 bits per heavy atom. The Kier molecular flexibility index (Phi) is 6.65. The summed E-state index contributed by atoms with van der Waals surface area (Å²) in [5.74, 6) is 0. The third-order valence-corrected chi connectivity index (χ3v) is 6.29. The molecule has 4 nitrogen and oxygen atoms in total. The van der Waals surface area contributed by atoms with Gasteiger partial charge in [0.15, 0.2) is 0 Å². The summed E-state index contributed by atoms with van der Waals surface area (Å²) in [7, 11) is -3.92. The number of carbonyl (C=O) groups is 1. The zero-order valence-electron chi connectivity index (χ0n) is 14.0. The molecule has 0 N–H and O–H groups in total. The predicted molar refractivity (Wildman–Crippen MR) is 105 cm³/mol. The van der Waals surface area contributed by atoms with Crippen LogP contribution in [-0.2, 0) is 27.7 Å². The van der Waals surface area contributed by atoms with Crippen molar-refractivity contribution in [2.75, 3.05) is 10.8 Å². The fourth-order valence-corrected chi connectivity index (χ4v) is 4.62. The molecule has 0 aliphatic heterocycles. The van der Waals surface area contributed by atoms with Gasteiger partial charge in [-0.3, -0.25) is 9.10 Å². The summed E-state index contributed by atoms with van der Waals surface area (Å²) in [6.45, 7) is 3.49. The molecule has 2 aromatic carbocycles. The van der Waals surface area contributed by atoms with Gasteiger partial charge in [-0.25, -0.2) is 8.42 Å². The number of benzene rings is 2. The van der Waals surface area contributed by atoms with Crippen molar-refractivity contribution in [3.8, 4) is 0 Å². The standard InChI is InChI=1S/C18H19BrClNO3S/c1-3-13-6-5-7-14(4-2)18(13)21(12-17(20)22)25(23,24)16-10-8-15(19)9-11-16/h5-11H,3-4,12H2,1-2H3. The van der Waals surface area contributed by atoms with Gasteiger partial charge < -0.3 is 0 Å². The van der Waals surface area contributed by atoms with Crippen LogP contribution in [0.25, 0.3) is 0 Å². The molecule has 0 heterocycles. The zero-order valence-corrected chi connectivity index (χ0v) is 17.2. The van der Waals surface area contributed by atoms with Crippen LogP contribution in [-0.4, -0.2) is 20.2 Å². The number of sulfonamides is 1. The molecule has 2 rings (SSSR count). The minimum absolute atomic E-state index is 0.113. The number of hydrogen-bond donors (Lipinski definition) is 0. The quantitative estimate of drug-likeness (QED) is 0.589. The van der Waals surface area contributed by atoms with Gasteiger partial charge in [0.05, 0.1) is 10.6 Å². The van der Waals surface area contributed by atoms with Crippen LogP contribution in [0.15, 0.2) is 51.8 Å². The maximum atomic E-state index is 13.2. The summed E-state index contributed by atoms with van der Waals surface area (Å²) < 4.78 is 28.3. The van der Waals surface area contributed by atoms with E-state index < -0.39 is 21.8 Å². The van der Waals surface area contributed by atoms with Crippen LogP contribution in [0, 0.1) is 0 Å². The van der Waals surface area contributed by atoms with Gasteiger partial charge in [-0.2, -0.15) is 0 Å². The highest BCUT2D eigenvalue weighted by Gasteiger charge is 2.29. The maximum absolute atomic E-state index is 13.2. The molecule has 0 fully saturated rings. The lowest BCUT2D eigenvalue weighted by atomic mass is 10.0. The van der Waals surface area contributed by atoms with Crippen LogP contribution in [0.4, 0.5) is 5.69 Å². The van der Waals surface area contributed by atoms with E-state index in [-0.39, 0.29) is 4.90 Å². The molecular formula is C18H19BrClNO3S. The van der Waals surface area contributed by atoms with E-state index in [2.05, 4.69) is 15.9 Å². The lowest BCUT2D eigenvalue weighted by molar-refractivity contribution is -0.110. The number of hydrogen-bond acceptors (Lipinski definition) is 3. The molecule has 0 aliphatic rings. The number of aryl methyl sites for hydroxylation is 2. The number of halogens is 2. The van der Waals surface area contributed by atoms with Gasteiger partial charge in [-0.05, 0) is 59.8 Å². The second-order valence-electron chi connectivity index (χ2n) is 5.45. The first-order chi connectivity index (χ1) is 11.8. The Hall–Kier alpha value is -1.37. The molecule has 2 aromatic rings. The monoisotopic (exact) mass is 443 g/mol. The Morgan fingerprint density at radius 1 is 1.04 bits per heavy atom. The predicted octanol–water partition coefficient (Wildman–Crippen LogP) is 4.53. The molecule has 0 saturated heterocycles. The lowest BCUT2D eigenvalue weighted by Gasteiger charge is -2.27. The molecule has 0 unspecified atom stereocenters. The Bertz CT molecular complexity index is 844. The highest BCUT2D eigenvalue weighted by molar-refractivity contribution is 9.10. The summed E-state index contributed by atoms with van der Waals surface area (Å²) in [6.07, 6.45) is 1.29. The zero-order chi connectivity index (χ0) is 18.6. The van der Waals surface area contributed by atoms with Crippen LogP contribution in [0.1, 0.15) is 25.0 Å². The topological polar surface area (TPSA) is 54.5 Å². The van der Waals surface area contributed by atoms with Crippen molar-refractivity contribution in [1.29, 1.82) is 0 Å². The number of carbonyl (C=O) groups excluding carboxylic acids is 1. The van der Waals surface area contributed by atoms with Crippen molar-refractivity contribution in [2.24, 2.45) is 0 Å². The van der Waals surface area contributed by atoms with Crippen LogP contribution in [0.3, 0.4) is 0 Å². The molecule has 0 aromatic heterocycles. The second-order valence-corrected chi connectivity index (χ2v) is 8.65. The van der Waals surface area contributed by atoms with Crippen molar-refractivity contribution in [2.45, 2.75) is 31.6 Å². The highest BCUT2D eigenvalue weighted by Crippen LogP contribution is 2.32. The van der Waals surface area contributed by atoms with Crippen molar-refractivity contribution in [1.82, 2.24) is 0 Å². The maximum Gasteiger partial charge on any atom is 0.264 e. The molecule has 0 atom stereocenters. The average Bonchev–Trinajstić information content (AvgIpc) is 2.59. The smallest absolute Gasteiger partial charge is 0.264 e.